The van der Waals surface area contributed by atoms with Gasteiger partial charge in [0, 0.05) is 42.0 Å². The van der Waals surface area contributed by atoms with Gasteiger partial charge in [0.1, 0.15) is 17.2 Å². The fourth-order valence-electron chi connectivity index (χ4n) is 4.90. The minimum atomic E-state index is -1.05. The van der Waals surface area contributed by atoms with Crippen LogP contribution in [-0.2, 0) is 10.3 Å². The molecule has 2 aliphatic rings. The third-order valence-electron chi connectivity index (χ3n) is 6.33. The summed E-state index contributed by atoms with van der Waals surface area (Å²) in [5.41, 5.74) is 4.07. The molecule has 0 saturated carbocycles. The van der Waals surface area contributed by atoms with E-state index in [1.54, 1.807) is 7.11 Å². The van der Waals surface area contributed by atoms with Crippen LogP contribution in [0.4, 0.5) is 5.69 Å². The summed E-state index contributed by atoms with van der Waals surface area (Å²) < 4.78 is 18.2. The number of rotatable bonds is 4. The van der Waals surface area contributed by atoms with Crippen molar-refractivity contribution in [1.82, 2.24) is 0 Å². The van der Waals surface area contributed by atoms with E-state index in [1.807, 2.05) is 55.5 Å². The van der Waals surface area contributed by atoms with Gasteiger partial charge in [0.05, 0.1) is 18.2 Å². The van der Waals surface area contributed by atoms with Gasteiger partial charge in [0.2, 0.25) is 0 Å². The molecule has 2 heterocycles. The number of benzene rings is 3. The Morgan fingerprint density at radius 2 is 1.74 bits per heavy atom. The van der Waals surface area contributed by atoms with Crippen LogP contribution in [0.25, 0.3) is 0 Å². The van der Waals surface area contributed by atoms with Crippen molar-refractivity contribution < 1.29 is 19.0 Å². The normalized spacial score (nSPS) is 18.0. The third kappa shape index (κ3) is 2.66. The van der Waals surface area contributed by atoms with Crippen LogP contribution >= 0.6 is 0 Å². The first-order valence-electron chi connectivity index (χ1n) is 10.6. The van der Waals surface area contributed by atoms with E-state index < -0.39 is 5.60 Å². The predicted octanol–water partition coefficient (Wildman–Crippen LogP) is 5.42. The van der Waals surface area contributed by atoms with Crippen LogP contribution in [-0.4, -0.2) is 26.2 Å². The molecule has 1 unspecified atom stereocenters. The van der Waals surface area contributed by atoms with Gasteiger partial charge in [-0.25, -0.2) is 4.79 Å². The molecule has 1 atom stereocenters. The third-order valence-corrected chi connectivity index (χ3v) is 6.33. The lowest BCUT2D eigenvalue weighted by molar-refractivity contribution is 0.0222. The predicted molar refractivity (Wildman–Crippen MR) is 120 cm³/mol. The zero-order chi connectivity index (χ0) is 21.8. The van der Waals surface area contributed by atoms with Crippen LogP contribution in [0.1, 0.15) is 46.5 Å². The number of methoxy groups -OCH3 is 1. The highest BCUT2D eigenvalue weighted by atomic mass is 16.6. The summed E-state index contributed by atoms with van der Waals surface area (Å²) in [5, 5.41) is 0. The number of anilines is 1. The summed E-state index contributed by atoms with van der Waals surface area (Å²) in [6, 6.07) is 17.6. The average molecular weight is 415 g/mol. The van der Waals surface area contributed by atoms with Crippen LogP contribution in [0, 0.1) is 6.92 Å². The van der Waals surface area contributed by atoms with Crippen LogP contribution in [0.2, 0.25) is 0 Å². The van der Waals surface area contributed by atoms with Gasteiger partial charge in [-0.05, 0) is 50.6 Å². The molecule has 0 fully saturated rings. The second-order valence-corrected chi connectivity index (χ2v) is 7.89. The van der Waals surface area contributed by atoms with Gasteiger partial charge in [-0.1, -0.05) is 18.2 Å². The molecule has 0 amide bonds. The summed E-state index contributed by atoms with van der Waals surface area (Å²) in [7, 11) is 1.64. The maximum atomic E-state index is 13.0. The highest BCUT2D eigenvalue weighted by Crippen LogP contribution is 2.58. The standard InChI is InChI=1S/C26H25NO4/c1-5-27(6-2)17-11-12-21-22(14-17)30-23-15-18(29-4)13-16(3)24(23)26(21)20-10-8-7-9-19(20)25(28)31-26/h7-15H,5-6H2,1-4H3. The highest BCUT2D eigenvalue weighted by Gasteiger charge is 2.54. The second kappa shape index (κ2) is 7.05. The van der Waals surface area contributed by atoms with Crippen LogP contribution in [0.15, 0.2) is 54.6 Å². The number of nitrogens with zero attached hydrogens (tertiary/aromatic N) is 1. The molecule has 31 heavy (non-hydrogen) atoms. The van der Waals surface area contributed by atoms with Crippen molar-refractivity contribution in [1.29, 1.82) is 0 Å². The topological polar surface area (TPSA) is 48.0 Å². The van der Waals surface area contributed by atoms with Gasteiger partial charge >= 0.3 is 5.97 Å². The Kier molecular flexibility index (Phi) is 4.43. The quantitative estimate of drug-likeness (QED) is 0.533. The van der Waals surface area contributed by atoms with Crippen molar-refractivity contribution >= 4 is 11.7 Å². The van der Waals surface area contributed by atoms with E-state index in [9.17, 15) is 4.79 Å². The number of hydrogen-bond acceptors (Lipinski definition) is 5. The lowest BCUT2D eigenvalue weighted by atomic mass is 9.76. The summed E-state index contributed by atoms with van der Waals surface area (Å²) in [4.78, 5) is 15.2. The lowest BCUT2D eigenvalue weighted by Gasteiger charge is -2.38. The first kappa shape index (κ1) is 19.5. The Morgan fingerprint density at radius 3 is 2.48 bits per heavy atom. The minimum Gasteiger partial charge on any atom is -0.497 e. The van der Waals surface area contributed by atoms with E-state index in [4.69, 9.17) is 14.2 Å². The average Bonchev–Trinajstić information content (AvgIpc) is 3.07. The van der Waals surface area contributed by atoms with Crippen LogP contribution in [0.5, 0.6) is 17.2 Å². The van der Waals surface area contributed by atoms with E-state index in [2.05, 4.69) is 24.8 Å². The van der Waals surface area contributed by atoms with E-state index >= 15 is 0 Å². The van der Waals surface area contributed by atoms with Gasteiger partial charge < -0.3 is 19.1 Å². The van der Waals surface area contributed by atoms with E-state index in [0.29, 0.717) is 22.8 Å². The Balaban J connectivity index is 1.83. The molecule has 5 rings (SSSR count). The number of esters is 1. The molecule has 158 valence electrons. The fraction of sp³-hybridized carbons (Fsp3) is 0.269. The highest BCUT2D eigenvalue weighted by molar-refractivity contribution is 5.97. The first-order chi connectivity index (χ1) is 15.0. The molecule has 0 bridgehead atoms. The summed E-state index contributed by atoms with van der Waals surface area (Å²) in [6.07, 6.45) is 0. The molecule has 5 nitrogen and oxygen atoms in total. The van der Waals surface area contributed by atoms with Crippen molar-refractivity contribution in [3.05, 3.63) is 82.4 Å². The Morgan fingerprint density at radius 1 is 0.968 bits per heavy atom. The number of aryl methyl sites for hydroxylation is 1. The summed E-state index contributed by atoms with van der Waals surface area (Å²) in [6.45, 7) is 8.04. The minimum absolute atomic E-state index is 0.322. The fourth-order valence-corrected chi connectivity index (χ4v) is 4.90. The van der Waals surface area contributed by atoms with Gasteiger partial charge in [0.25, 0.3) is 0 Å². The molecular weight excluding hydrogens is 390 g/mol. The molecule has 0 radical (unpaired) electrons. The molecule has 2 aliphatic heterocycles. The van der Waals surface area contributed by atoms with E-state index in [0.717, 1.165) is 41.0 Å². The van der Waals surface area contributed by atoms with Gasteiger partial charge in [0.15, 0.2) is 5.60 Å². The van der Waals surface area contributed by atoms with Crippen molar-refractivity contribution in [2.75, 3.05) is 25.1 Å². The maximum absolute atomic E-state index is 13.0. The lowest BCUT2D eigenvalue weighted by Crippen LogP contribution is -2.34. The van der Waals surface area contributed by atoms with E-state index in [-0.39, 0.29) is 5.97 Å². The van der Waals surface area contributed by atoms with Crippen molar-refractivity contribution in [2.45, 2.75) is 26.4 Å². The molecule has 5 heteroatoms. The Labute approximate surface area is 182 Å². The number of hydrogen-bond donors (Lipinski definition) is 0. The number of carbonyl (C=O) groups excluding carboxylic acids is 1. The smallest absolute Gasteiger partial charge is 0.340 e. The molecule has 3 aromatic carbocycles. The van der Waals surface area contributed by atoms with Crippen molar-refractivity contribution in [3.63, 3.8) is 0 Å². The molecule has 3 aromatic rings. The van der Waals surface area contributed by atoms with Crippen LogP contribution < -0.4 is 14.4 Å². The summed E-state index contributed by atoms with van der Waals surface area (Å²) in [5.74, 6) is 1.71. The Bertz CT molecular complexity index is 1200. The molecule has 0 aromatic heterocycles. The van der Waals surface area contributed by atoms with Crippen molar-refractivity contribution in [3.8, 4) is 17.2 Å². The second-order valence-electron chi connectivity index (χ2n) is 7.89. The van der Waals surface area contributed by atoms with Gasteiger partial charge in [-0.2, -0.15) is 0 Å². The SMILES string of the molecule is CCN(CC)c1ccc2c(c1)Oc1cc(OC)cc(C)c1C21OC(=O)c2ccccc21. The summed E-state index contributed by atoms with van der Waals surface area (Å²) >= 11 is 0. The maximum Gasteiger partial charge on any atom is 0.340 e. The van der Waals surface area contributed by atoms with Gasteiger partial charge in [-0.3, -0.25) is 0 Å². The molecule has 0 aliphatic carbocycles. The molecule has 1 spiro atoms. The molecule has 0 saturated heterocycles. The Hall–Kier alpha value is -3.47. The van der Waals surface area contributed by atoms with E-state index in [1.165, 1.54) is 0 Å². The van der Waals surface area contributed by atoms with Crippen molar-refractivity contribution in [2.24, 2.45) is 0 Å². The number of carbonyl (C=O) groups is 1. The largest absolute Gasteiger partial charge is 0.497 e. The first-order valence-corrected chi connectivity index (χ1v) is 10.6. The molecule has 0 N–H and O–H groups in total. The van der Waals surface area contributed by atoms with Crippen LogP contribution in [0.3, 0.4) is 0 Å². The number of ether oxygens (including phenoxy) is 3. The zero-order valence-corrected chi connectivity index (χ0v) is 18.2. The number of fused-ring (bicyclic) bond motifs is 6. The monoisotopic (exact) mass is 415 g/mol. The zero-order valence-electron chi connectivity index (χ0n) is 18.2. The molecular formula is C26H25NO4. The van der Waals surface area contributed by atoms with Gasteiger partial charge in [-0.15, -0.1) is 0 Å².